The van der Waals surface area contributed by atoms with Crippen molar-refractivity contribution in [3.8, 4) is 0 Å². The third-order valence-corrected chi connectivity index (χ3v) is 4.00. The van der Waals surface area contributed by atoms with Crippen molar-refractivity contribution >= 4 is 23.2 Å². The summed E-state index contributed by atoms with van der Waals surface area (Å²) in [4.78, 5) is 11.9. The number of carbonyl (C=O) groups is 1. The highest BCUT2D eigenvalue weighted by atomic mass is 35.5. The number of halogens is 4. The van der Waals surface area contributed by atoms with Crippen LogP contribution in [0.15, 0.2) is 18.2 Å². The molecule has 1 aliphatic rings. The summed E-state index contributed by atoms with van der Waals surface area (Å²) in [5.74, 6) is -0.0879. The zero-order valence-corrected chi connectivity index (χ0v) is 12.2. The van der Waals surface area contributed by atoms with Crippen molar-refractivity contribution in [2.24, 2.45) is 5.92 Å². The number of rotatable bonds is 3. The highest BCUT2D eigenvalue weighted by Gasteiger charge is 2.34. The number of carbonyl (C=O) groups excluding carboxylic acids is 1. The Morgan fingerprint density at radius 3 is 2.52 bits per heavy atom. The topological polar surface area (TPSA) is 29.1 Å². The Morgan fingerprint density at radius 1 is 1.24 bits per heavy atom. The standard InChI is InChI=1S/C15H17ClF3NO/c16-11-6-7-13(12(9-11)15(17,18)19)20-14(21)8-10-4-2-1-3-5-10/h6-7,9-10H,1-5,8H2,(H,20,21). The van der Waals surface area contributed by atoms with Crippen LogP contribution in [0, 0.1) is 5.92 Å². The lowest BCUT2D eigenvalue weighted by Crippen LogP contribution is -2.20. The molecule has 0 atom stereocenters. The van der Waals surface area contributed by atoms with Crippen LogP contribution < -0.4 is 5.32 Å². The van der Waals surface area contributed by atoms with Gasteiger partial charge in [0.1, 0.15) is 0 Å². The van der Waals surface area contributed by atoms with Crippen LogP contribution in [0.5, 0.6) is 0 Å². The van der Waals surface area contributed by atoms with Crippen LogP contribution in [-0.4, -0.2) is 5.91 Å². The van der Waals surface area contributed by atoms with Gasteiger partial charge in [-0.25, -0.2) is 0 Å². The number of amides is 1. The molecule has 1 amide bonds. The fourth-order valence-electron chi connectivity index (χ4n) is 2.71. The van der Waals surface area contributed by atoms with E-state index in [0.29, 0.717) is 0 Å². The zero-order chi connectivity index (χ0) is 15.5. The van der Waals surface area contributed by atoms with Crippen molar-refractivity contribution < 1.29 is 18.0 Å². The third-order valence-electron chi connectivity index (χ3n) is 3.76. The van der Waals surface area contributed by atoms with E-state index >= 15 is 0 Å². The summed E-state index contributed by atoms with van der Waals surface area (Å²) in [6, 6.07) is 3.37. The molecular weight excluding hydrogens is 303 g/mol. The molecule has 2 nitrogen and oxygen atoms in total. The Bertz CT molecular complexity index is 510. The van der Waals surface area contributed by atoms with Crippen LogP contribution in [0.25, 0.3) is 0 Å². The lowest BCUT2D eigenvalue weighted by Gasteiger charge is -2.21. The van der Waals surface area contributed by atoms with Gasteiger partial charge in [-0.15, -0.1) is 0 Å². The van der Waals surface area contributed by atoms with Gasteiger partial charge < -0.3 is 5.32 Å². The number of nitrogens with one attached hydrogen (secondary N) is 1. The Labute approximate surface area is 126 Å². The molecule has 1 saturated carbocycles. The summed E-state index contributed by atoms with van der Waals surface area (Å²) in [5, 5.41) is 2.37. The summed E-state index contributed by atoms with van der Waals surface area (Å²) in [6.07, 6.45) is 1.03. The first kappa shape index (κ1) is 16.1. The Kier molecular flexibility index (Phi) is 5.14. The summed E-state index contributed by atoms with van der Waals surface area (Å²) >= 11 is 5.60. The van der Waals surface area contributed by atoms with Gasteiger partial charge in [0.15, 0.2) is 0 Å². The van der Waals surface area contributed by atoms with Crippen LogP contribution in [0.3, 0.4) is 0 Å². The molecule has 0 heterocycles. The second-order valence-electron chi connectivity index (χ2n) is 5.44. The number of hydrogen-bond acceptors (Lipinski definition) is 1. The summed E-state index contributed by atoms with van der Waals surface area (Å²) in [7, 11) is 0. The fraction of sp³-hybridized carbons (Fsp3) is 0.533. The molecular formula is C15H17ClF3NO. The Balaban J connectivity index is 2.06. The first-order valence-corrected chi connectivity index (χ1v) is 7.40. The molecule has 0 bridgehead atoms. The summed E-state index contributed by atoms with van der Waals surface area (Å²) in [5.41, 5.74) is -1.14. The lowest BCUT2D eigenvalue weighted by atomic mass is 9.87. The van der Waals surface area contributed by atoms with Gasteiger partial charge in [0.25, 0.3) is 0 Å². The molecule has 6 heteroatoms. The number of hydrogen-bond donors (Lipinski definition) is 1. The maximum absolute atomic E-state index is 12.9. The molecule has 1 fully saturated rings. The zero-order valence-electron chi connectivity index (χ0n) is 11.5. The monoisotopic (exact) mass is 319 g/mol. The van der Waals surface area contributed by atoms with Gasteiger partial charge in [-0.1, -0.05) is 30.9 Å². The van der Waals surface area contributed by atoms with Crippen LogP contribution in [0.2, 0.25) is 5.02 Å². The van der Waals surface area contributed by atoms with Crippen LogP contribution >= 0.6 is 11.6 Å². The Morgan fingerprint density at radius 2 is 1.90 bits per heavy atom. The van der Waals surface area contributed by atoms with Gasteiger partial charge in [-0.2, -0.15) is 13.2 Å². The number of anilines is 1. The molecule has 0 unspecified atom stereocenters. The minimum Gasteiger partial charge on any atom is -0.325 e. The van der Waals surface area contributed by atoms with Gasteiger partial charge in [-0.05, 0) is 37.0 Å². The average molecular weight is 320 g/mol. The Hall–Kier alpha value is -1.23. The van der Waals surface area contributed by atoms with E-state index in [1.165, 1.54) is 18.6 Å². The predicted molar refractivity (Wildman–Crippen MR) is 76.3 cm³/mol. The normalized spacial score (nSPS) is 16.8. The SMILES string of the molecule is O=C(CC1CCCCC1)Nc1ccc(Cl)cc1C(F)(F)F. The van der Waals surface area contributed by atoms with E-state index in [-0.39, 0.29) is 29.0 Å². The third kappa shape index (κ3) is 4.63. The molecule has 21 heavy (non-hydrogen) atoms. The van der Waals surface area contributed by atoms with Gasteiger partial charge in [0, 0.05) is 11.4 Å². The van der Waals surface area contributed by atoms with Crippen molar-refractivity contribution in [1.29, 1.82) is 0 Å². The maximum Gasteiger partial charge on any atom is 0.418 e. The van der Waals surface area contributed by atoms with Gasteiger partial charge in [-0.3, -0.25) is 4.79 Å². The maximum atomic E-state index is 12.9. The molecule has 0 saturated heterocycles. The first-order chi connectivity index (χ1) is 9.86. The van der Waals surface area contributed by atoms with E-state index in [9.17, 15) is 18.0 Å². The highest BCUT2D eigenvalue weighted by molar-refractivity contribution is 6.30. The highest BCUT2D eigenvalue weighted by Crippen LogP contribution is 2.36. The average Bonchev–Trinajstić information content (AvgIpc) is 2.40. The van der Waals surface area contributed by atoms with Crippen molar-refractivity contribution in [1.82, 2.24) is 0 Å². The molecule has 1 aromatic rings. The van der Waals surface area contributed by atoms with Crippen molar-refractivity contribution in [2.45, 2.75) is 44.7 Å². The van der Waals surface area contributed by atoms with Crippen LogP contribution in [-0.2, 0) is 11.0 Å². The first-order valence-electron chi connectivity index (χ1n) is 7.03. The summed E-state index contributed by atoms with van der Waals surface area (Å²) in [6.45, 7) is 0. The van der Waals surface area contributed by atoms with Crippen LogP contribution in [0.4, 0.5) is 18.9 Å². The van der Waals surface area contributed by atoms with Gasteiger partial charge >= 0.3 is 6.18 Å². The molecule has 0 aromatic heterocycles. The second kappa shape index (κ2) is 6.69. The largest absolute Gasteiger partial charge is 0.418 e. The summed E-state index contributed by atoms with van der Waals surface area (Å²) < 4.78 is 38.8. The quantitative estimate of drug-likeness (QED) is 0.808. The van der Waals surface area contributed by atoms with Gasteiger partial charge in [0.05, 0.1) is 11.3 Å². The molecule has 0 spiro atoms. The van der Waals surface area contributed by atoms with Crippen molar-refractivity contribution in [3.05, 3.63) is 28.8 Å². The van der Waals surface area contributed by atoms with Crippen molar-refractivity contribution in [2.75, 3.05) is 5.32 Å². The van der Waals surface area contributed by atoms with E-state index in [1.807, 2.05) is 0 Å². The molecule has 116 valence electrons. The molecule has 1 aliphatic carbocycles. The van der Waals surface area contributed by atoms with E-state index in [2.05, 4.69) is 5.32 Å². The molecule has 2 rings (SSSR count). The van der Waals surface area contributed by atoms with E-state index in [4.69, 9.17) is 11.6 Å². The van der Waals surface area contributed by atoms with Crippen molar-refractivity contribution in [3.63, 3.8) is 0 Å². The molecule has 0 radical (unpaired) electrons. The minimum atomic E-state index is -4.54. The van der Waals surface area contributed by atoms with Gasteiger partial charge in [0.2, 0.25) is 5.91 Å². The molecule has 1 N–H and O–H groups in total. The number of alkyl halides is 3. The second-order valence-corrected chi connectivity index (χ2v) is 5.88. The minimum absolute atomic E-state index is 0.00685. The predicted octanol–water partition coefficient (Wildman–Crippen LogP) is 5.27. The lowest BCUT2D eigenvalue weighted by molar-refractivity contribution is -0.137. The fourth-order valence-corrected chi connectivity index (χ4v) is 2.89. The smallest absolute Gasteiger partial charge is 0.325 e. The molecule has 1 aromatic carbocycles. The van der Waals surface area contributed by atoms with Crippen LogP contribution in [0.1, 0.15) is 44.1 Å². The van der Waals surface area contributed by atoms with E-state index in [1.54, 1.807) is 0 Å². The number of benzene rings is 1. The van der Waals surface area contributed by atoms with E-state index < -0.39 is 11.7 Å². The van der Waals surface area contributed by atoms with E-state index in [0.717, 1.165) is 31.7 Å². The molecule has 0 aliphatic heterocycles.